The zero-order valence-electron chi connectivity index (χ0n) is 11.5. The van der Waals surface area contributed by atoms with Gasteiger partial charge < -0.3 is 0 Å². The van der Waals surface area contributed by atoms with Crippen LogP contribution in [0.5, 0.6) is 0 Å². The summed E-state index contributed by atoms with van der Waals surface area (Å²) in [7, 11) is -1.71. The first kappa shape index (κ1) is 16.3. The Kier molecular flexibility index (Phi) is 4.12. The Labute approximate surface area is 130 Å². The molecule has 0 aliphatic heterocycles. The molecule has 0 radical (unpaired) electrons. The fraction of sp³-hybridized carbons (Fsp3) is 0.333. The van der Waals surface area contributed by atoms with E-state index in [1.165, 1.54) is 10.7 Å². The smallest absolute Gasteiger partial charge is 0.219 e. The SMILES string of the molecule is C[Si](C)(C)c1cn(-c2ccc(Cl)c(C(F)(F)F)c2Cl)nn1. The molecule has 0 aliphatic rings. The average Bonchev–Trinajstić information content (AvgIpc) is 2.75. The molecule has 0 unspecified atom stereocenters. The first-order valence-electron chi connectivity index (χ1n) is 6.00. The van der Waals surface area contributed by atoms with Crippen molar-refractivity contribution < 1.29 is 13.2 Å². The van der Waals surface area contributed by atoms with E-state index < -0.39 is 29.9 Å². The first-order chi connectivity index (χ1) is 9.51. The van der Waals surface area contributed by atoms with Gasteiger partial charge in [0.1, 0.15) is 8.07 Å². The summed E-state index contributed by atoms with van der Waals surface area (Å²) >= 11 is 11.5. The Morgan fingerprint density at radius 2 is 1.76 bits per heavy atom. The number of hydrogen-bond acceptors (Lipinski definition) is 2. The van der Waals surface area contributed by atoms with Crippen LogP contribution in [0.3, 0.4) is 0 Å². The molecule has 1 aromatic carbocycles. The van der Waals surface area contributed by atoms with Gasteiger partial charge in [-0.3, -0.25) is 0 Å². The maximum atomic E-state index is 13.0. The minimum Gasteiger partial charge on any atom is -0.219 e. The Morgan fingerprint density at radius 1 is 1.14 bits per heavy atom. The summed E-state index contributed by atoms with van der Waals surface area (Å²) in [5.41, 5.74) is -0.959. The molecule has 9 heteroatoms. The molecule has 0 aliphatic carbocycles. The van der Waals surface area contributed by atoms with E-state index in [0.717, 1.165) is 11.4 Å². The lowest BCUT2D eigenvalue weighted by Gasteiger charge is -2.14. The second-order valence-corrected chi connectivity index (χ2v) is 11.3. The molecule has 3 nitrogen and oxygen atoms in total. The van der Waals surface area contributed by atoms with E-state index in [0.29, 0.717) is 0 Å². The van der Waals surface area contributed by atoms with Crippen LogP contribution >= 0.6 is 23.2 Å². The molecular weight excluding hydrogens is 342 g/mol. The molecule has 0 saturated heterocycles. The standard InChI is InChI=1S/C12H12Cl2F3N3Si/c1-21(2,3)9-6-20(19-18-9)8-5-4-7(13)10(11(8)14)12(15,16)17/h4-6H,1-3H3. The summed E-state index contributed by atoms with van der Waals surface area (Å²) in [5, 5.41) is 7.75. The monoisotopic (exact) mass is 353 g/mol. The van der Waals surface area contributed by atoms with E-state index in [1.807, 2.05) is 0 Å². The quantitative estimate of drug-likeness (QED) is 0.759. The highest BCUT2D eigenvalue weighted by atomic mass is 35.5. The van der Waals surface area contributed by atoms with Gasteiger partial charge in [-0.1, -0.05) is 48.1 Å². The minimum absolute atomic E-state index is 0.102. The second kappa shape index (κ2) is 5.30. The number of alkyl halides is 3. The van der Waals surface area contributed by atoms with Gasteiger partial charge in [0.15, 0.2) is 0 Å². The Morgan fingerprint density at radius 3 is 2.24 bits per heavy atom. The van der Waals surface area contributed by atoms with Gasteiger partial charge in [0, 0.05) is 6.20 Å². The molecule has 0 spiro atoms. The molecule has 1 aromatic heterocycles. The van der Waals surface area contributed by atoms with Crippen LogP contribution in [0.15, 0.2) is 18.3 Å². The molecule has 2 rings (SSSR count). The number of nitrogens with zero attached hydrogens (tertiary/aromatic N) is 3. The maximum absolute atomic E-state index is 13.0. The van der Waals surface area contributed by atoms with Crippen LogP contribution in [-0.4, -0.2) is 23.1 Å². The molecule has 2 aromatic rings. The molecule has 0 saturated carbocycles. The van der Waals surface area contributed by atoms with Crippen LogP contribution in [0.1, 0.15) is 5.56 Å². The predicted octanol–water partition coefficient (Wildman–Crippen LogP) is 4.14. The van der Waals surface area contributed by atoms with Gasteiger partial charge >= 0.3 is 6.18 Å². The van der Waals surface area contributed by atoms with Crippen molar-refractivity contribution in [3.05, 3.63) is 33.9 Å². The molecule has 0 N–H and O–H groups in total. The van der Waals surface area contributed by atoms with E-state index in [1.54, 1.807) is 6.20 Å². The van der Waals surface area contributed by atoms with Gasteiger partial charge in [-0.05, 0) is 12.1 Å². The number of benzene rings is 1. The number of rotatable bonds is 2. The largest absolute Gasteiger partial charge is 0.419 e. The van der Waals surface area contributed by atoms with E-state index in [9.17, 15) is 13.2 Å². The highest BCUT2D eigenvalue weighted by Gasteiger charge is 2.37. The average molecular weight is 354 g/mol. The van der Waals surface area contributed by atoms with E-state index in [4.69, 9.17) is 23.2 Å². The third-order valence-electron chi connectivity index (χ3n) is 2.86. The van der Waals surface area contributed by atoms with E-state index in [2.05, 4.69) is 30.0 Å². The molecule has 0 atom stereocenters. The summed E-state index contributed by atoms with van der Waals surface area (Å²) in [6, 6.07) is 2.55. The van der Waals surface area contributed by atoms with Crippen molar-refractivity contribution in [1.82, 2.24) is 15.0 Å². The fourth-order valence-corrected chi connectivity index (χ4v) is 3.23. The second-order valence-electron chi connectivity index (χ2n) is 5.55. The van der Waals surface area contributed by atoms with Crippen molar-refractivity contribution in [2.45, 2.75) is 25.8 Å². The summed E-state index contributed by atoms with van der Waals surface area (Å²) in [4.78, 5) is 0. The Hall–Kier alpha value is -1.05. The molecule has 0 bridgehead atoms. The highest BCUT2D eigenvalue weighted by Crippen LogP contribution is 2.41. The van der Waals surface area contributed by atoms with Crippen molar-refractivity contribution in [2.75, 3.05) is 0 Å². The van der Waals surface area contributed by atoms with Crippen LogP contribution in [0.4, 0.5) is 13.2 Å². The molecule has 21 heavy (non-hydrogen) atoms. The van der Waals surface area contributed by atoms with Crippen LogP contribution in [-0.2, 0) is 6.18 Å². The number of halogens is 5. The van der Waals surface area contributed by atoms with E-state index in [-0.39, 0.29) is 5.69 Å². The lowest BCUT2D eigenvalue weighted by Crippen LogP contribution is -2.38. The van der Waals surface area contributed by atoms with Gasteiger partial charge in [0.25, 0.3) is 0 Å². The molecular formula is C12H12Cl2F3N3Si. The van der Waals surface area contributed by atoms with Crippen LogP contribution in [0.25, 0.3) is 5.69 Å². The van der Waals surface area contributed by atoms with Crippen molar-refractivity contribution >= 4 is 36.6 Å². The van der Waals surface area contributed by atoms with Crippen LogP contribution < -0.4 is 5.32 Å². The normalized spacial score (nSPS) is 12.8. The van der Waals surface area contributed by atoms with Gasteiger partial charge in [-0.25, -0.2) is 4.68 Å². The van der Waals surface area contributed by atoms with Crippen molar-refractivity contribution in [3.63, 3.8) is 0 Å². The Balaban J connectivity index is 2.59. The first-order valence-corrected chi connectivity index (χ1v) is 10.3. The third-order valence-corrected chi connectivity index (χ3v) is 5.33. The number of aromatic nitrogens is 3. The minimum atomic E-state index is -4.63. The van der Waals surface area contributed by atoms with Gasteiger partial charge in [-0.15, -0.1) is 5.10 Å². The third kappa shape index (κ3) is 3.25. The van der Waals surface area contributed by atoms with Crippen molar-refractivity contribution in [3.8, 4) is 5.69 Å². The van der Waals surface area contributed by atoms with Crippen molar-refractivity contribution in [1.29, 1.82) is 0 Å². The summed E-state index contributed by atoms with van der Waals surface area (Å²) in [6.07, 6.45) is -3.02. The topological polar surface area (TPSA) is 30.7 Å². The van der Waals surface area contributed by atoms with Crippen LogP contribution in [0.2, 0.25) is 29.7 Å². The molecule has 1 heterocycles. The van der Waals surface area contributed by atoms with Crippen molar-refractivity contribution in [2.24, 2.45) is 0 Å². The van der Waals surface area contributed by atoms with Gasteiger partial charge in [-0.2, -0.15) is 13.2 Å². The number of hydrogen-bond donors (Lipinski definition) is 0. The molecule has 0 fully saturated rings. The lowest BCUT2D eigenvalue weighted by atomic mass is 10.2. The molecule has 114 valence electrons. The predicted molar refractivity (Wildman–Crippen MR) is 79.4 cm³/mol. The maximum Gasteiger partial charge on any atom is 0.419 e. The van der Waals surface area contributed by atoms with Gasteiger partial charge in [0.2, 0.25) is 0 Å². The molecule has 0 amide bonds. The van der Waals surface area contributed by atoms with Crippen LogP contribution in [0, 0.1) is 0 Å². The van der Waals surface area contributed by atoms with Gasteiger partial charge in [0.05, 0.1) is 26.6 Å². The fourth-order valence-electron chi connectivity index (χ4n) is 1.70. The summed E-state index contributed by atoms with van der Waals surface area (Å²) in [6.45, 7) is 6.18. The zero-order valence-corrected chi connectivity index (χ0v) is 14.0. The Bertz CT molecular complexity index is 677. The van der Waals surface area contributed by atoms with E-state index >= 15 is 0 Å². The summed E-state index contributed by atoms with van der Waals surface area (Å²) < 4.78 is 40.2. The highest BCUT2D eigenvalue weighted by molar-refractivity contribution is 6.88. The lowest BCUT2D eigenvalue weighted by molar-refractivity contribution is -0.137. The summed E-state index contributed by atoms with van der Waals surface area (Å²) in [5.74, 6) is 0. The zero-order chi connectivity index (χ0) is 16.0.